The second-order valence-electron chi connectivity index (χ2n) is 4.57. The summed E-state index contributed by atoms with van der Waals surface area (Å²) in [6, 6.07) is 11.3. The van der Waals surface area contributed by atoms with Crippen LogP contribution >= 0.6 is 0 Å². The molecule has 0 unspecified atom stereocenters. The highest BCUT2D eigenvalue weighted by Gasteiger charge is 2.05. The zero-order chi connectivity index (χ0) is 13.8. The molecule has 3 N–H and O–H groups in total. The van der Waals surface area contributed by atoms with Crippen LogP contribution in [-0.4, -0.2) is 9.67 Å². The Labute approximate surface area is 112 Å². The molecule has 4 heteroatoms. The first-order valence-electron chi connectivity index (χ1n) is 6.23. The van der Waals surface area contributed by atoms with E-state index in [-0.39, 0.29) is 18.7 Å². The second kappa shape index (κ2) is 5.82. The molecule has 1 aromatic heterocycles. The molecule has 0 aliphatic heterocycles. The molecule has 0 fully saturated rings. The third-order valence-electron chi connectivity index (χ3n) is 3.24. The van der Waals surface area contributed by atoms with Crippen LogP contribution < -0.4 is 11.3 Å². The van der Waals surface area contributed by atoms with E-state index in [0.29, 0.717) is 12.1 Å². The molecule has 2 rings (SSSR count). The van der Waals surface area contributed by atoms with E-state index in [2.05, 4.69) is 0 Å². The summed E-state index contributed by atoms with van der Waals surface area (Å²) >= 11 is 0. The van der Waals surface area contributed by atoms with Crippen molar-refractivity contribution in [3.8, 4) is 0 Å². The van der Waals surface area contributed by atoms with E-state index in [1.165, 1.54) is 0 Å². The fourth-order valence-corrected chi connectivity index (χ4v) is 2.00. The Kier molecular flexibility index (Phi) is 4.14. The molecule has 2 aromatic rings. The van der Waals surface area contributed by atoms with Gasteiger partial charge in [0.15, 0.2) is 0 Å². The van der Waals surface area contributed by atoms with Crippen LogP contribution in [0.2, 0.25) is 0 Å². The predicted molar refractivity (Wildman–Crippen MR) is 74.8 cm³/mol. The van der Waals surface area contributed by atoms with Crippen LogP contribution in [-0.2, 0) is 19.7 Å². The van der Waals surface area contributed by atoms with Gasteiger partial charge in [-0.05, 0) is 24.1 Å². The Morgan fingerprint density at radius 1 is 1.11 bits per heavy atom. The van der Waals surface area contributed by atoms with Crippen molar-refractivity contribution in [2.75, 3.05) is 0 Å². The third kappa shape index (κ3) is 2.92. The van der Waals surface area contributed by atoms with E-state index < -0.39 is 0 Å². The third-order valence-corrected chi connectivity index (χ3v) is 3.24. The number of rotatable bonds is 4. The fourth-order valence-electron chi connectivity index (χ4n) is 2.00. The molecule has 1 heterocycles. The van der Waals surface area contributed by atoms with Gasteiger partial charge in [0.1, 0.15) is 0 Å². The first-order valence-corrected chi connectivity index (χ1v) is 6.23. The molecule has 100 valence electrons. The van der Waals surface area contributed by atoms with Crippen molar-refractivity contribution in [2.24, 2.45) is 5.73 Å². The summed E-state index contributed by atoms with van der Waals surface area (Å²) in [5.41, 5.74) is 8.95. The molecule has 1 aromatic carbocycles. The molecule has 0 saturated heterocycles. The molecule has 4 nitrogen and oxygen atoms in total. The van der Waals surface area contributed by atoms with Gasteiger partial charge >= 0.3 is 0 Å². The fraction of sp³-hybridized carbons (Fsp3) is 0.267. The molecule has 0 radical (unpaired) electrons. The van der Waals surface area contributed by atoms with Crippen molar-refractivity contribution in [1.29, 1.82) is 0 Å². The lowest BCUT2D eigenvalue weighted by atomic mass is 10.1. The Balaban J connectivity index is 2.34. The van der Waals surface area contributed by atoms with Crippen molar-refractivity contribution < 1.29 is 5.11 Å². The number of pyridine rings is 1. The standard InChI is InChI=1S/C15H18N2O2/c1-11-2-7-14(8-16)15(19)17(11)9-12-3-5-13(10-18)6-4-12/h2-7,18H,8-10,16H2,1H3. The average molecular weight is 258 g/mol. The van der Waals surface area contributed by atoms with Crippen molar-refractivity contribution in [1.82, 2.24) is 4.57 Å². The number of aryl methyl sites for hydroxylation is 1. The maximum absolute atomic E-state index is 12.2. The van der Waals surface area contributed by atoms with Gasteiger partial charge in [0.2, 0.25) is 0 Å². The van der Waals surface area contributed by atoms with Gasteiger partial charge in [0, 0.05) is 17.8 Å². The molecule has 19 heavy (non-hydrogen) atoms. The van der Waals surface area contributed by atoms with Crippen molar-refractivity contribution in [3.05, 3.63) is 69.1 Å². The van der Waals surface area contributed by atoms with Gasteiger partial charge in [0.05, 0.1) is 13.2 Å². The van der Waals surface area contributed by atoms with E-state index in [9.17, 15) is 4.79 Å². The van der Waals surface area contributed by atoms with Gasteiger partial charge in [-0.25, -0.2) is 0 Å². The van der Waals surface area contributed by atoms with Gasteiger partial charge < -0.3 is 15.4 Å². The Morgan fingerprint density at radius 3 is 2.32 bits per heavy atom. The zero-order valence-corrected chi connectivity index (χ0v) is 11.0. The average Bonchev–Trinajstić information content (AvgIpc) is 2.44. The van der Waals surface area contributed by atoms with Crippen LogP contribution in [0.1, 0.15) is 22.4 Å². The lowest BCUT2D eigenvalue weighted by Crippen LogP contribution is -2.27. The number of nitrogens with two attached hydrogens (primary N) is 1. The minimum atomic E-state index is -0.0336. The summed E-state index contributed by atoms with van der Waals surface area (Å²) in [4.78, 5) is 12.2. The number of nitrogens with zero attached hydrogens (tertiary/aromatic N) is 1. The first-order chi connectivity index (χ1) is 9.15. The summed E-state index contributed by atoms with van der Waals surface area (Å²) in [6.45, 7) is 2.71. The van der Waals surface area contributed by atoms with Crippen molar-refractivity contribution in [2.45, 2.75) is 26.6 Å². The van der Waals surface area contributed by atoms with Crippen LogP contribution in [0.25, 0.3) is 0 Å². The minimum absolute atomic E-state index is 0.0297. The molecular formula is C15H18N2O2. The van der Waals surface area contributed by atoms with Crippen LogP contribution in [0.15, 0.2) is 41.2 Å². The first kappa shape index (κ1) is 13.5. The van der Waals surface area contributed by atoms with E-state index in [1.807, 2.05) is 37.3 Å². The lowest BCUT2D eigenvalue weighted by molar-refractivity contribution is 0.282. The summed E-state index contributed by atoms with van der Waals surface area (Å²) in [6.07, 6.45) is 0. The Morgan fingerprint density at radius 2 is 1.74 bits per heavy atom. The zero-order valence-electron chi connectivity index (χ0n) is 11.0. The smallest absolute Gasteiger partial charge is 0.255 e. The lowest BCUT2D eigenvalue weighted by Gasteiger charge is -2.12. The van der Waals surface area contributed by atoms with Crippen molar-refractivity contribution >= 4 is 0 Å². The Hall–Kier alpha value is -1.91. The number of aromatic nitrogens is 1. The topological polar surface area (TPSA) is 68.2 Å². The summed E-state index contributed by atoms with van der Waals surface area (Å²) in [7, 11) is 0. The summed E-state index contributed by atoms with van der Waals surface area (Å²) < 4.78 is 1.72. The van der Waals surface area contributed by atoms with Crippen LogP contribution in [0.3, 0.4) is 0 Å². The molecule has 0 aliphatic rings. The molecule has 0 amide bonds. The van der Waals surface area contributed by atoms with Crippen LogP contribution in [0, 0.1) is 6.92 Å². The molecule has 0 spiro atoms. The highest BCUT2D eigenvalue weighted by Crippen LogP contribution is 2.07. The summed E-state index contributed by atoms with van der Waals surface area (Å²) in [5, 5.41) is 9.01. The minimum Gasteiger partial charge on any atom is -0.392 e. The molecule has 0 atom stereocenters. The van der Waals surface area contributed by atoms with Gasteiger partial charge in [-0.2, -0.15) is 0 Å². The van der Waals surface area contributed by atoms with Gasteiger partial charge in [-0.15, -0.1) is 0 Å². The second-order valence-corrected chi connectivity index (χ2v) is 4.57. The van der Waals surface area contributed by atoms with Gasteiger partial charge in [0.25, 0.3) is 5.56 Å². The SMILES string of the molecule is Cc1ccc(CN)c(=O)n1Cc1ccc(CO)cc1. The molecule has 0 aliphatic carbocycles. The van der Waals surface area contributed by atoms with Crippen LogP contribution in [0.4, 0.5) is 0 Å². The number of hydrogen-bond acceptors (Lipinski definition) is 3. The largest absolute Gasteiger partial charge is 0.392 e. The number of aliphatic hydroxyl groups excluding tert-OH is 1. The van der Waals surface area contributed by atoms with Gasteiger partial charge in [-0.1, -0.05) is 30.3 Å². The van der Waals surface area contributed by atoms with Crippen molar-refractivity contribution in [3.63, 3.8) is 0 Å². The molecule has 0 saturated carbocycles. The quantitative estimate of drug-likeness (QED) is 0.864. The molecule has 0 bridgehead atoms. The highest BCUT2D eigenvalue weighted by atomic mass is 16.3. The maximum atomic E-state index is 12.2. The van der Waals surface area contributed by atoms with Crippen LogP contribution in [0.5, 0.6) is 0 Å². The number of hydrogen-bond donors (Lipinski definition) is 2. The number of benzene rings is 1. The monoisotopic (exact) mass is 258 g/mol. The highest BCUT2D eigenvalue weighted by molar-refractivity contribution is 5.24. The van der Waals surface area contributed by atoms with E-state index in [1.54, 1.807) is 10.6 Å². The van der Waals surface area contributed by atoms with E-state index >= 15 is 0 Å². The van der Waals surface area contributed by atoms with E-state index in [4.69, 9.17) is 10.8 Å². The molecular weight excluding hydrogens is 240 g/mol. The predicted octanol–water partition coefficient (Wildman–Crippen LogP) is 1.16. The number of aliphatic hydroxyl groups is 1. The van der Waals surface area contributed by atoms with Gasteiger partial charge in [-0.3, -0.25) is 4.79 Å². The van der Waals surface area contributed by atoms with E-state index in [0.717, 1.165) is 16.8 Å². The maximum Gasteiger partial charge on any atom is 0.255 e. The summed E-state index contributed by atoms with van der Waals surface area (Å²) in [5.74, 6) is 0. The normalized spacial score (nSPS) is 10.7. The Bertz CT molecular complexity index is 615.